The van der Waals surface area contributed by atoms with E-state index in [0.717, 1.165) is 29.9 Å². The number of aromatic nitrogens is 2. The lowest BCUT2D eigenvalue weighted by molar-refractivity contribution is -0.118. The fraction of sp³-hybridized carbons (Fsp3) is 0.526. The molecule has 1 aromatic heterocycles. The van der Waals surface area contributed by atoms with Gasteiger partial charge in [-0.15, -0.1) is 0 Å². The Kier molecular flexibility index (Phi) is 7.33. The van der Waals surface area contributed by atoms with Crippen LogP contribution in [0.4, 0.5) is 5.13 Å². The van der Waals surface area contributed by atoms with Crippen LogP contribution in [0.5, 0.6) is 0 Å². The number of anilines is 1. The molecule has 2 aromatic rings. The molecule has 1 aliphatic heterocycles. The van der Waals surface area contributed by atoms with E-state index in [-0.39, 0.29) is 10.8 Å². The summed E-state index contributed by atoms with van der Waals surface area (Å²) in [6.07, 6.45) is 2.50. The van der Waals surface area contributed by atoms with Gasteiger partial charge in [-0.2, -0.15) is 4.37 Å². The number of nitrogens with one attached hydrogen (secondary N) is 2. The lowest BCUT2D eigenvalue weighted by Crippen LogP contribution is -2.26. The van der Waals surface area contributed by atoms with Crippen LogP contribution < -0.4 is 10.0 Å². The minimum atomic E-state index is -3.53. The first-order valence-electron chi connectivity index (χ1n) is 9.67. The van der Waals surface area contributed by atoms with Gasteiger partial charge >= 0.3 is 0 Å². The third-order valence-electron chi connectivity index (χ3n) is 4.91. The maximum absolute atomic E-state index is 13.0. The van der Waals surface area contributed by atoms with E-state index in [9.17, 15) is 13.2 Å². The number of carbonyl (C=O) groups is 1. The van der Waals surface area contributed by atoms with Crippen molar-refractivity contribution in [2.24, 2.45) is 5.92 Å². The van der Waals surface area contributed by atoms with Crippen LogP contribution in [-0.2, 0) is 19.6 Å². The second-order valence-electron chi connectivity index (χ2n) is 7.05. The quantitative estimate of drug-likeness (QED) is 0.656. The SMILES string of the molecule is CCNS(=O)(=O)c1ccc(C(CC2CCOCC2)C(=O)Nc2nc(C)ns2)cc1. The molecule has 2 N–H and O–H groups in total. The van der Waals surface area contributed by atoms with E-state index >= 15 is 0 Å². The van der Waals surface area contributed by atoms with E-state index in [0.29, 0.717) is 43.1 Å². The molecule has 29 heavy (non-hydrogen) atoms. The smallest absolute Gasteiger partial charge is 0.240 e. The topological polar surface area (TPSA) is 110 Å². The van der Waals surface area contributed by atoms with Gasteiger partial charge in [0, 0.05) is 31.3 Å². The van der Waals surface area contributed by atoms with Crippen molar-refractivity contribution in [1.82, 2.24) is 14.1 Å². The minimum absolute atomic E-state index is 0.157. The van der Waals surface area contributed by atoms with Gasteiger partial charge in [0.05, 0.1) is 10.8 Å². The summed E-state index contributed by atoms with van der Waals surface area (Å²) in [7, 11) is -3.53. The Morgan fingerprint density at radius 1 is 1.28 bits per heavy atom. The molecule has 10 heteroatoms. The maximum atomic E-state index is 13.0. The Balaban J connectivity index is 1.82. The molecule has 0 radical (unpaired) electrons. The van der Waals surface area contributed by atoms with Gasteiger partial charge in [-0.3, -0.25) is 4.79 Å². The van der Waals surface area contributed by atoms with Gasteiger partial charge in [-0.1, -0.05) is 19.1 Å². The molecule has 2 heterocycles. The summed E-state index contributed by atoms with van der Waals surface area (Å²) >= 11 is 1.15. The lowest BCUT2D eigenvalue weighted by Gasteiger charge is -2.26. The van der Waals surface area contributed by atoms with Crippen LogP contribution in [0.25, 0.3) is 0 Å². The third-order valence-corrected chi connectivity index (χ3v) is 7.19. The van der Waals surface area contributed by atoms with Gasteiger partial charge in [0.25, 0.3) is 0 Å². The summed E-state index contributed by atoms with van der Waals surface area (Å²) in [5.74, 6) is 0.429. The van der Waals surface area contributed by atoms with Gasteiger partial charge in [-0.25, -0.2) is 18.1 Å². The molecule has 0 saturated carbocycles. The van der Waals surface area contributed by atoms with Gasteiger partial charge < -0.3 is 10.1 Å². The van der Waals surface area contributed by atoms with Crippen molar-refractivity contribution in [3.63, 3.8) is 0 Å². The number of hydrogen-bond acceptors (Lipinski definition) is 7. The zero-order chi connectivity index (χ0) is 20.9. The number of benzene rings is 1. The second-order valence-corrected chi connectivity index (χ2v) is 9.57. The highest BCUT2D eigenvalue weighted by Crippen LogP contribution is 2.31. The van der Waals surface area contributed by atoms with Crippen molar-refractivity contribution in [3.8, 4) is 0 Å². The summed E-state index contributed by atoms with van der Waals surface area (Å²) in [4.78, 5) is 17.4. The Morgan fingerprint density at radius 3 is 2.55 bits per heavy atom. The van der Waals surface area contributed by atoms with E-state index in [1.807, 2.05) is 0 Å². The van der Waals surface area contributed by atoms with Crippen LogP contribution >= 0.6 is 11.5 Å². The van der Waals surface area contributed by atoms with Crippen LogP contribution in [0.2, 0.25) is 0 Å². The van der Waals surface area contributed by atoms with Gasteiger partial charge in [-0.05, 0) is 49.8 Å². The van der Waals surface area contributed by atoms with E-state index in [1.54, 1.807) is 38.1 Å². The van der Waals surface area contributed by atoms with Gasteiger partial charge in [0.15, 0.2) is 0 Å². The standard InChI is InChI=1S/C19H26N4O4S2/c1-3-20-29(25,26)16-6-4-15(5-7-16)17(12-14-8-10-27-11-9-14)18(24)22-19-21-13(2)23-28-19/h4-7,14,17,20H,3,8-12H2,1-2H3,(H,21,22,23,24). The van der Waals surface area contributed by atoms with Crippen molar-refractivity contribution < 1.29 is 17.9 Å². The fourth-order valence-corrected chi connectivity index (χ4v) is 5.02. The van der Waals surface area contributed by atoms with Crippen molar-refractivity contribution in [3.05, 3.63) is 35.7 Å². The highest BCUT2D eigenvalue weighted by atomic mass is 32.2. The molecular weight excluding hydrogens is 412 g/mol. The lowest BCUT2D eigenvalue weighted by atomic mass is 9.84. The maximum Gasteiger partial charge on any atom is 0.240 e. The van der Waals surface area contributed by atoms with Crippen LogP contribution in [0.3, 0.4) is 0 Å². The largest absolute Gasteiger partial charge is 0.381 e. The Labute approximate surface area is 175 Å². The molecule has 1 aliphatic rings. The van der Waals surface area contributed by atoms with E-state index in [4.69, 9.17) is 4.74 Å². The molecule has 0 bridgehead atoms. The minimum Gasteiger partial charge on any atom is -0.381 e. The summed E-state index contributed by atoms with van der Waals surface area (Å²) in [6, 6.07) is 6.54. The molecular formula is C19H26N4O4S2. The number of nitrogens with zero attached hydrogens (tertiary/aromatic N) is 2. The summed E-state index contributed by atoms with van der Waals surface area (Å²) < 4.78 is 36.4. The summed E-state index contributed by atoms with van der Waals surface area (Å²) in [6.45, 7) is 5.23. The number of hydrogen-bond donors (Lipinski definition) is 2. The summed E-state index contributed by atoms with van der Waals surface area (Å²) in [5.41, 5.74) is 0.783. The zero-order valence-electron chi connectivity index (χ0n) is 16.6. The third kappa shape index (κ3) is 5.81. The fourth-order valence-electron chi connectivity index (χ4n) is 3.40. The molecule has 1 fully saturated rings. The van der Waals surface area contributed by atoms with Crippen molar-refractivity contribution >= 4 is 32.6 Å². The van der Waals surface area contributed by atoms with Crippen LogP contribution in [-0.4, -0.2) is 43.4 Å². The highest BCUT2D eigenvalue weighted by Gasteiger charge is 2.27. The Morgan fingerprint density at radius 2 is 1.97 bits per heavy atom. The summed E-state index contributed by atoms with van der Waals surface area (Å²) in [5, 5.41) is 3.33. The van der Waals surface area contributed by atoms with Gasteiger partial charge in [0.1, 0.15) is 5.82 Å². The molecule has 1 saturated heterocycles. The molecule has 1 aromatic carbocycles. The first-order chi connectivity index (χ1) is 13.9. The average Bonchev–Trinajstić information content (AvgIpc) is 3.11. The zero-order valence-corrected chi connectivity index (χ0v) is 18.2. The molecule has 1 atom stereocenters. The number of carbonyl (C=O) groups excluding carboxylic acids is 1. The molecule has 8 nitrogen and oxygen atoms in total. The molecule has 1 amide bonds. The molecule has 0 aliphatic carbocycles. The number of amides is 1. The molecule has 0 spiro atoms. The van der Waals surface area contributed by atoms with Crippen LogP contribution in [0, 0.1) is 12.8 Å². The Bertz CT molecular complexity index is 922. The van der Waals surface area contributed by atoms with Gasteiger partial charge in [0.2, 0.25) is 21.1 Å². The van der Waals surface area contributed by atoms with E-state index in [1.165, 1.54) is 0 Å². The predicted octanol–water partition coefficient (Wildman–Crippen LogP) is 2.68. The van der Waals surface area contributed by atoms with Crippen molar-refractivity contribution in [1.29, 1.82) is 0 Å². The monoisotopic (exact) mass is 438 g/mol. The molecule has 158 valence electrons. The van der Waals surface area contributed by atoms with Crippen LogP contribution in [0.15, 0.2) is 29.2 Å². The van der Waals surface area contributed by atoms with Crippen LogP contribution in [0.1, 0.15) is 43.5 Å². The number of ether oxygens (including phenoxy) is 1. The molecule has 1 unspecified atom stereocenters. The highest BCUT2D eigenvalue weighted by molar-refractivity contribution is 7.89. The number of aryl methyl sites for hydroxylation is 1. The number of sulfonamides is 1. The number of rotatable bonds is 8. The van der Waals surface area contributed by atoms with Crippen molar-refractivity contribution in [2.45, 2.75) is 43.9 Å². The first-order valence-corrected chi connectivity index (χ1v) is 11.9. The van der Waals surface area contributed by atoms with Crippen molar-refractivity contribution in [2.75, 3.05) is 25.1 Å². The Hall–Kier alpha value is -1.88. The second kappa shape index (κ2) is 9.75. The predicted molar refractivity (Wildman–Crippen MR) is 111 cm³/mol. The average molecular weight is 439 g/mol. The molecule has 3 rings (SSSR count). The first kappa shape index (κ1) is 21.8. The van der Waals surface area contributed by atoms with E-state index in [2.05, 4.69) is 19.4 Å². The van der Waals surface area contributed by atoms with E-state index < -0.39 is 15.9 Å². The normalized spacial score (nSPS) is 16.5.